The lowest BCUT2D eigenvalue weighted by Crippen LogP contribution is -2.27. The number of amides is 2. The predicted molar refractivity (Wildman–Crippen MR) is 81.5 cm³/mol. The van der Waals surface area contributed by atoms with Crippen LogP contribution in [0.25, 0.3) is 0 Å². The zero-order valence-electron chi connectivity index (χ0n) is 11.2. The van der Waals surface area contributed by atoms with Gasteiger partial charge in [0.1, 0.15) is 5.82 Å². The molecule has 1 heterocycles. The van der Waals surface area contributed by atoms with Crippen LogP contribution < -0.4 is 11.1 Å². The Kier molecular flexibility index (Phi) is 5.12. The molecule has 0 aliphatic carbocycles. The first-order valence-corrected chi connectivity index (χ1v) is 7.44. The second-order valence-electron chi connectivity index (χ2n) is 4.46. The summed E-state index contributed by atoms with van der Waals surface area (Å²) < 4.78 is 13.3. The van der Waals surface area contributed by atoms with Crippen LogP contribution in [0.3, 0.4) is 0 Å². The summed E-state index contributed by atoms with van der Waals surface area (Å²) in [7, 11) is 0. The van der Waals surface area contributed by atoms with E-state index in [1.807, 2.05) is 0 Å². The van der Waals surface area contributed by atoms with E-state index in [0.717, 1.165) is 17.4 Å². The molecule has 0 saturated carbocycles. The predicted octanol–water partition coefficient (Wildman–Crippen LogP) is 2.10. The zero-order valence-corrected chi connectivity index (χ0v) is 12.7. The largest absolute Gasteiger partial charge is 0.387 e. The van der Waals surface area contributed by atoms with Crippen LogP contribution in [-0.2, 0) is 0 Å². The molecule has 8 heteroatoms. The van der Waals surface area contributed by atoms with Crippen LogP contribution in [0.4, 0.5) is 4.39 Å². The number of thiophene rings is 1. The molecule has 116 valence electrons. The van der Waals surface area contributed by atoms with Crippen molar-refractivity contribution in [1.82, 2.24) is 5.32 Å². The van der Waals surface area contributed by atoms with E-state index in [9.17, 15) is 19.1 Å². The van der Waals surface area contributed by atoms with E-state index in [1.165, 1.54) is 23.6 Å². The Morgan fingerprint density at radius 3 is 2.73 bits per heavy atom. The SMILES string of the molecule is NC(=O)c1csc(C(=O)NCC(O)c2ccc(Cl)c(F)c2)c1. The molecule has 5 nitrogen and oxygen atoms in total. The van der Waals surface area contributed by atoms with Gasteiger partial charge in [0.05, 0.1) is 21.6 Å². The molecule has 1 aromatic heterocycles. The fraction of sp³-hybridized carbons (Fsp3) is 0.143. The molecule has 0 spiro atoms. The number of primary amides is 1. The highest BCUT2D eigenvalue weighted by Gasteiger charge is 2.15. The van der Waals surface area contributed by atoms with Crippen molar-refractivity contribution in [3.8, 4) is 0 Å². The monoisotopic (exact) mass is 342 g/mol. The summed E-state index contributed by atoms with van der Waals surface area (Å²) in [6, 6.07) is 5.28. The quantitative estimate of drug-likeness (QED) is 0.777. The summed E-state index contributed by atoms with van der Waals surface area (Å²) in [5.41, 5.74) is 5.64. The first-order valence-electron chi connectivity index (χ1n) is 6.18. The third-order valence-electron chi connectivity index (χ3n) is 2.89. The lowest BCUT2D eigenvalue weighted by molar-refractivity contribution is 0.0920. The van der Waals surface area contributed by atoms with Crippen LogP contribution in [0.1, 0.15) is 31.7 Å². The van der Waals surface area contributed by atoms with Gasteiger partial charge < -0.3 is 16.2 Å². The summed E-state index contributed by atoms with van der Waals surface area (Å²) >= 11 is 6.62. The molecule has 1 aromatic carbocycles. The molecule has 0 aliphatic rings. The van der Waals surface area contributed by atoms with Crippen LogP contribution in [0, 0.1) is 5.82 Å². The van der Waals surface area contributed by atoms with Gasteiger partial charge in [0.15, 0.2) is 0 Å². The molecule has 0 fully saturated rings. The number of aliphatic hydroxyl groups excluding tert-OH is 1. The topological polar surface area (TPSA) is 92.4 Å². The van der Waals surface area contributed by atoms with Crippen molar-refractivity contribution in [3.05, 3.63) is 56.5 Å². The lowest BCUT2D eigenvalue weighted by Gasteiger charge is -2.12. The number of halogens is 2. The summed E-state index contributed by atoms with van der Waals surface area (Å²) in [5, 5.41) is 13.9. The van der Waals surface area contributed by atoms with E-state index in [0.29, 0.717) is 10.4 Å². The zero-order chi connectivity index (χ0) is 16.3. The summed E-state index contributed by atoms with van der Waals surface area (Å²) in [4.78, 5) is 23.1. The first-order chi connectivity index (χ1) is 10.4. The number of hydrogen-bond donors (Lipinski definition) is 3. The molecule has 1 unspecified atom stereocenters. The molecular weight excluding hydrogens is 331 g/mol. The molecule has 2 aromatic rings. The van der Waals surface area contributed by atoms with Crippen molar-refractivity contribution in [1.29, 1.82) is 0 Å². The second kappa shape index (κ2) is 6.87. The second-order valence-corrected chi connectivity index (χ2v) is 5.78. The van der Waals surface area contributed by atoms with Gasteiger partial charge in [-0.1, -0.05) is 17.7 Å². The van der Waals surface area contributed by atoms with Gasteiger partial charge in [-0.2, -0.15) is 0 Å². The minimum absolute atomic E-state index is 0.0439. The molecule has 2 rings (SSSR count). The molecule has 0 bridgehead atoms. The Labute approximate surface area is 134 Å². The first kappa shape index (κ1) is 16.4. The Hall–Kier alpha value is -1.96. The van der Waals surface area contributed by atoms with Gasteiger partial charge in [0.25, 0.3) is 5.91 Å². The van der Waals surface area contributed by atoms with Gasteiger partial charge in [-0.25, -0.2) is 4.39 Å². The van der Waals surface area contributed by atoms with Gasteiger partial charge >= 0.3 is 0 Å². The van der Waals surface area contributed by atoms with Gasteiger partial charge in [-0.05, 0) is 23.8 Å². The van der Waals surface area contributed by atoms with Crippen molar-refractivity contribution >= 4 is 34.8 Å². The van der Waals surface area contributed by atoms with Gasteiger partial charge in [0, 0.05) is 11.9 Å². The molecule has 0 aliphatic heterocycles. The molecule has 0 radical (unpaired) electrons. The third kappa shape index (κ3) is 3.82. The van der Waals surface area contributed by atoms with Crippen LogP contribution in [0.5, 0.6) is 0 Å². The van der Waals surface area contributed by atoms with Crippen LogP contribution >= 0.6 is 22.9 Å². The number of rotatable bonds is 5. The molecule has 0 saturated heterocycles. The number of carbonyl (C=O) groups is 2. The molecule has 1 atom stereocenters. The Bertz CT molecular complexity index is 720. The maximum absolute atomic E-state index is 13.3. The van der Waals surface area contributed by atoms with Crippen molar-refractivity contribution in [2.45, 2.75) is 6.10 Å². The fourth-order valence-corrected chi connectivity index (χ4v) is 2.63. The van der Waals surface area contributed by atoms with Gasteiger partial charge in [-0.3, -0.25) is 9.59 Å². The maximum atomic E-state index is 13.3. The van der Waals surface area contributed by atoms with Crippen molar-refractivity contribution in [2.75, 3.05) is 6.54 Å². The highest BCUT2D eigenvalue weighted by molar-refractivity contribution is 7.12. The van der Waals surface area contributed by atoms with Crippen molar-refractivity contribution < 1.29 is 19.1 Å². The van der Waals surface area contributed by atoms with E-state index in [-0.39, 0.29) is 17.1 Å². The maximum Gasteiger partial charge on any atom is 0.261 e. The molecule has 22 heavy (non-hydrogen) atoms. The normalized spacial score (nSPS) is 12.0. The fourth-order valence-electron chi connectivity index (χ4n) is 1.70. The van der Waals surface area contributed by atoms with Crippen LogP contribution in [0.15, 0.2) is 29.6 Å². The van der Waals surface area contributed by atoms with Crippen molar-refractivity contribution in [3.63, 3.8) is 0 Å². The smallest absolute Gasteiger partial charge is 0.261 e. The molecule has 2 amide bonds. The standard InChI is InChI=1S/C14H12ClFN2O3S/c15-9-2-1-7(3-10(9)16)11(19)5-18-14(21)12-4-8(6-22-12)13(17)20/h1-4,6,11,19H,5H2,(H2,17,20)(H,18,21). The number of nitrogens with two attached hydrogens (primary N) is 1. The third-order valence-corrected chi connectivity index (χ3v) is 4.13. The summed E-state index contributed by atoms with van der Waals surface area (Å²) in [5.74, 6) is -1.72. The van der Waals surface area contributed by atoms with Crippen molar-refractivity contribution in [2.24, 2.45) is 5.73 Å². The summed E-state index contributed by atoms with van der Waals surface area (Å²) in [6.07, 6.45) is -1.08. The minimum Gasteiger partial charge on any atom is -0.387 e. The number of aliphatic hydroxyl groups is 1. The van der Waals surface area contributed by atoms with E-state index >= 15 is 0 Å². The van der Waals surface area contributed by atoms with Crippen LogP contribution in [0.2, 0.25) is 5.02 Å². The highest BCUT2D eigenvalue weighted by atomic mass is 35.5. The summed E-state index contributed by atoms with van der Waals surface area (Å²) in [6.45, 7) is -0.107. The number of hydrogen-bond acceptors (Lipinski definition) is 4. The lowest BCUT2D eigenvalue weighted by atomic mass is 10.1. The van der Waals surface area contributed by atoms with E-state index in [4.69, 9.17) is 17.3 Å². The highest BCUT2D eigenvalue weighted by Crippen LogP contribution is 2.20. The molecular formula is C14H12ClFN2O3S. The number of benzene rings is 1. The average Bonchev–Trinajstić information content (AvgIpc) is 2.97. The van der Waals surface area contributed by atoms with Gasteiger partial charge in [-0.15, -0.1) is 11.3 Å². The van der Waals surface area contributed by atoms with Gasteiger partial charge in [0.2, 0.25) is 5.91 Å². The van der Waals surface area contributed by atoms with Crippen LogP contribution in [-0.4, -0.2) is 23.5 Å². The Balaban J connectivity index is 1.97. The van der Waals surface area contributed by atoms with E-state index in [2.05, 4.69) is 5.32 Å². The minimum atomic E-state index is -1.08. The number of nitrogens with one attached hydrogen (secondary N) is 1. The van der Waals surface area contributed by atoms with E-state index < -0.39 is 23.7 Å². The van der Waals surface area contributed by atoms with E-state index in [1.54, 1.807) is 0 Å². The Morgan fingerprint density at radius 1 is 1.41 bits per heavy atom. The molecule has 4 N–H and O–H groups in total. The Morgan fingerprint density at radius 2 is 2.14 bits per heavy atom. The number of carbonyl (C=O) groups excluding carboxylic acids is 2. The average molecular weight is 343 g/mol.